The highest BCUT2D eigenvalue weighted by molar-refractivity contribution is 5.66. The number of nitriles is 1. The molecule has 0 aliphatic heterocycles. The highest BCUT2D eigenvalue weighted by Gasteiger charge is 2.12. The van der Waals surface area contributed by atoms with Crippen molar-refractivity contribution in [3.8, 4) is 11.8 Å². The standard InChI is InChI=1S/C15H18N4O/c1-10-13(11(2)19(3)18-10)9-17-15-12(8-16)6-5-7-14(15)20-4/h5-7,17H,9H2,1-4H3. The molecule has 1 heterocycles. The summed E-state index contributed by atoms with van der Waals surface area (Å²) in [7, 11) is 3.53. The lowest BCUT2D eigenvalue weighted by Gasteiger charge is -2.12. The van der Waals surface area contributed by atoms with Gasteiger partial charge in [0.25, 0.3) is 0 Å². The van der Waals surface area contributed by atoms with E-state index in [1.54, 1.807) is 13.2 Å². The van der Waals surface area contributed by atoms with Crippen molar-refractivity contribution >= 4 is 5.69 Å². The van der Waals surface area contributed by atoms with Crippen LogP contribution in [-0.2, 0) is 13.6 Å². The third kappa shape index (κ3) is 2.45. The molecule has 2 aromatic rings. The van der Waals surface area contributed by atoms with E-state index >= 15 is 0 Å². The van der Waals surface area contributed by atoms with Crippen molar-refractivity contribution in [2.45, 2.75) is 20.4 Å². The zero-order valence-corrected chi connectivity index (χ0v) is 12.2. The summed E-state index contributed by atoms with van der Waals surface area (Å²) in [6, 6.07) is 7.60. The van der Waals surface area contributed by atoms with Crippen LogP contribution >= 0.6 is 0 Å². The summed E-state index contributed by atoms with van der Waals surface area (Å²) in [6.07, 6.45) is 0. The second-order valence-electron chi connectivity index (χ2n) is 4.62. The summed E-state index contributed by atoms with van der Waals surface area (Å²) < 4.78 is 7.17. The number of hydrogen-bond acceptors (Lipinski definition) is 4. The van der Waals surface area contributed by atoms with Crippen molar-refractivity contribution in [1.82, 2.24) is 9.78 Å². The fraction of sp³-hybridized carbons (Fsp3) is 0.333. The van der Waals surface area contributed by atoms with E-state index in [-0.39, 0.29) is 0 Å². The van der Waals surface area contributed by atoms with Gasteiger partial charge < -0.3 is 10.1 Å². The molecule has 1 aromatic heterocycles. The molecule has 0 radical (unpaired) electrons. The first kappa shape index (κ1) is 13.9. The van der Waals surface area contributed by atoms with Gasteiger partial charge in [0.2, 0.25) is 0 Å². The number of nitrogens with one attached hydrogen (secondary N) is 1. The molecule has 0 aliphatic rings. The molecule has 0 aliphatic carbocycles. The summed E-state index contributed by atoms with van der Waals surface area (Å²) in [5, 5.41) is 16.9. The molecular formula is C15H18N4O. The SMILES string of the molecule is COc1cccc(C#N)c1NCc1c(C)nn(C)c1C. The van der Waals surface area contributed by atoms with Crippen LogP contribution in [0.15, 0.2) is 18.2 Å². The first-order valence-corrected chi connectivity index (χ1v) is 6.38. The van der Waals surface area contributed by atoms with Crippen molar-refractivity contribution in [2.24, 2.45) is 7.05 Å². The maximum absolute atomic E-state index is 9.19. The Hall–Kier alpha value is -2.48. The number of methoxy groups -OCH3 is 1. The van der Waals surface area contributed by atoms with Crippen LogP contribution in [0.3, 0.4) is 0 Å². The van der Waals surface area contributed by atoms with Gasteiger partial charge in [-0.3, -0.25) is 4.68 Å². The van der Waals surface area contributed by atoms with E-state index in [1.807, 2.05) is 37.7 Å². The largest absolute Gasteiger partial charge is 0.495 e. The fourth-order valence-corrected chi connectivity index (χ4v) is 2.23. The number of rotatable bonds is 4. The molecule has 0 saturated heterocycles. The van der Waals surface area contributed by atoms with Crippen molar-refractivity contribution < 1.29 is 4.74 Å². The summed E-state index contributed by atoms with van der Waals surface area (Å²) in [5.74, 6) is 0.670. The molecule has 2 rings (SSSR count). The normalized spacial score (nSPS) is 10.2. The lowest BCUT2D eigenvalue weighted by Crippen LogP contribution is -2.05. The average molecular weight is 270 g/mol. The maximum atomic E-state index is 9.19. The van der Waals surface area contributed by atoms with Gasteiger partial charge in [-0.1, -0.05) is 6.07 Å². The summed E-state index contributed by atoms with van der Waals surface area (Å²) in [5.41, 5.74) is 4.54. The van der Waals surface area contributed by atoms with E-state index in [0.717, 1.165) is 22.6 Å². The van der Waals surface area contributed by atoms with Crippen molar-refractivity contribution in [3.05, 3.63) is 40.7 Å². The highest BCUT2D eigenvalue weighted by Crippen LogP contribution is 2.28. The molecule has 0 fully saturated rings. The maximum Gasteiger partial charge on any atom is 0.143 e. The van der Waals surface area contributed by atoms with Crippen molar-refractivity contribution in [3.63, 3.8) is 0 Å². The monoisotopic (exact) mass is 270 g/mol. The molecule has 0 bridgehead atoms. The third-order valence-corrected chi connectivity index (χ3v) is 3.47. The Labute approximate surface area is 118 Å². The van der Waals surface area contributed by atoms with Crippen LogP contribution in [0, 0.1) is 25.2 Å². The fourth-order valence-electron chi connectivity index (χ4n) is 2.23. The summed E-state index contributed by atoms with van der Waals surface area (Å²) in [6.45, 7) is 4.63. The van der Waals surface area contributed by atoms with Gasteiger partial charge in [0.15, 0.2) is 0 Å². The van der Waals surface area contributed by atoms with Crippen LogP contribution in [-0.4, -0.2) is 16.9 Å². The zero-order valence-electron chi connectivity index (χ0n) is 12.2. The Bertz CT molecular complexity index is 667. The van der Waals surface area contributed by atoms with Gasteiger partial charge in [-0.25, -0.2) is 0 Å². The van der Waals surface area contributed by atoms with Gasteiger partial charge in [0, 0.05) is 24.8 Å². The Morgan fingerprint density at radius 1 is 1.40 bits per heavy atom. The van der Waals surface area contributed by atoms with Crippen LogP contribution in [0.2, 0.25) is 0 Å². The molecule has 0 atom stereocenters. The number of aromatic nitrogens is 2. The number of nitrogens with zero attached hydrogens (tertiary/aromatic N) is 3. The van der Waals surface area contributed by atoms with Crippen LogP contribution in [0.25, 0.3) is 0 Å². The topological polar surface area (TPSA) is 62.9 Å². The molecule has 0 unspecified atom stereocenters. The van der Waals surface area contributed by atoms with Gasteiger partial charge in [0.05, 0.1) is 24.1 Å². The lowest BCUT2D eigenvalue weighted by molar-refractivity contribution is 0.416. The van der Waals surface area contributed by atoms with Gasteiger partial charge in [-0.2, -0.15) is 10.4 Å². The average Bonchev–Trinajstić information content (AvgIpc) is 2.69. The van der Waals surface area contributed by atoms with E-state index in [1.165, 1.54) is 0 Å². The number of ether oxygens (including phenoxy) is 1. The first-order valence-electron chi connectivity index (χ1n) is 6.38. The molecule has 0 amide bonds. The number of anilines is 1. The molecule has 104 valence electrons. The molecule has 1 N–H and O–H groups in total. The van der Waals surface area contributed by atoms with Crippen molar-refractivity contribution in [1.29, 1.82) is 5.26 Å². The van der Waals surface area contributed by atoms with E-state index in [0.29, 0.717) is 17.9 Å². The Balaban J connectivity index is 2.29. The van der Waals surface area contributed by atoms with Gasteiger partial charge >= 0.3 is 0 Å². The molecule has 0 saturated carbocycles. The third-order valence-electron chi connectivity index (χ3n) is 3.47. The molecule has 5 nitrogen and oxygen atoms in total. The number of aryl methyl sites for hydroxylation is 2. The van der Waals surface area contributed by atoms with Gasteiger partial charge in [0.1, 0.15) is 11.8 Å². The van der Waals surface area contributed by atoms with E-state index < -0.39 is 0 Å². The molecule has 1 aromatic carbocycles. The summed E-state index contributed by atoms with van der Waals surface area (Å²) >= 11 is 0. The van der Waals surface area contributed by atoms with E-state index in [2.05, 4.69) is 16.5 Å². The Kier molecular flexibility index (Phi) is 3.94. The van der Waals surface area contributed by atoms with E-state index in [9.17, 15) is 5.26 Å². The predicted molar refractivity (Wildman–Crippen MR) is 77.7 cm³/mol. The van der Waals surface area contributed by atoms with Crippen molar-refractivity contribution in [2.75, 3.05) is 12.4 Å². The van der Waals surface area contributed by atoms with Crippen LogP contribution in [0.4, 0.5) is 5.69 Å². The smallest absolute Gasteiger partial charge is 0.143 e. The van der Waals surface area contributed by atoms with Crippen LogP contribution in [0.1, 0.15) is 22.5 Å². The first-order chi connectivity index (χ1) is 9.58. The van der Waals surface area contributed by atoms with Crippen LogP contribution in [0.5, 0.6) is 5.75 Å². The predicted octanol–water partition coefficient (Wildman–Crippen LogP) is 2.53. The number of benzene rings is 1. The molecule has 20 heavy (non-hydrogen) atoms. The summed E-state index contributed by atoms with van der Waals surface area (Å²) in [4.78, 5) is 0. The van der Waals surface area contributed by atoms with Gasteiger partial charge in [-0.15, -0.1) is 0 Å². The number of hydrogen-bond donors (Lipinski definition) is 1. The number of para-hydroxylation sites is 1. The Morgan fingerprint density at radius 3 is 2.70 bits per heavy atom. The molecule has 0 spiro atoms. The minimum absolute atomic E-state index is 0.573. The lowest BCUT2D eigenvalue weighted by atomic mass is 10.1. The zero-order chi connectivity index (χ0) is 14.7. The second-order valence-corrected chi connectivity index (χ2v) is 4.62. The second kappa shape index (κ2) is 5.66. The van der Waals surface area contributed by atoms with Gasteiger partial charge in [-0.05, 0) is 26.0 Å². The molecular weight excluding hydrogens is 252 g/mol. The minimum Gasteiger partial charge on any atom is -0.495 e. The molecule has 5 heteroatoms. The van der Waals surface area contributed by atoms with E-state index in [4.69, 9.17) is 4.74 Å². The van der Waals surface area contributed by atoms with Crippen LogP contribution < -0.4 is 10.1 Å². The highest BCUT2D eigenvalue weighted by atomic mass is 16.5. The minimum atomic E-state index is 0.573. The Morgan fingerprint density at radius 2 is 2.15 bits per heavy atom. The quantitative estimate of drug-likeness (QED) is 0.927.